The predicted molar refractivity (Wildman–Crippen MR) is 89.8 cm³/mol. The first-order chi connectivity index (χ1) is 11.5. The van der Waals surface area contributed by atoms with E-state index in [1.807, 2.05) is 36.1 Å². The molecule has 0 saturated heterocycles. The average molecular weight is 327 g/mol. The van der Waals surface area contributed by atoms with Gasteiger partial charge in [0.05, 0.1) is 19.2 Å². The highest BCUT2D eigenvalue weighted by atomic mass is 16.3. The second kappa shape index (κ2) is 5.07. The molecule has 1 aromatic carbocycles. The van der Waals surface area contributed by atoms with Crippen molar-refractivity contribution in [2.24, 2.45) is 7.05 Å². The van der Waals surface area contributed by atoms with Crippen molar-refractivity contribution in [2.75, 3.05) is 11.4 Å². The zero-order valence-electron chi connectivity index (χ0n) is 13.4. The molecule has 0 fully saturated rings. The molecular weight excluding hydrogens is 310 g/mol. The van der Waals surface area contributed by atoms with Crippen LogP contribution in [-0.2, 0) is 13.6 Å². The molecule has 0 saturated carbocycles. The van der Waals surface area contributed by atoms with Crippen LogP contribution in [0.5, 0.6) is 0 Å². The van der Waals surface area contributed by atoms with E-state index in [9.17, 15) is 14.7 Å². The molecule has 1 aliphatic rings. The van der Waals surface area contributed by atoms with Crippen LogP contribution in [0.25, 0.3) is 11.2 Å². The first-order valence-corrected chi connectivity index (χ1v) is 7.67. The van der Waals surface area contributed by atoms with Gasteiger partial charge in [0.15, 0.2) is 11.2 Å². The molecule has 1 atom stereocenters. The molecule has 3 heterocycles. The third kappa shape index (κ3) is 2.07. The fourth-order valence-corrected chi connectivity index (χ4v) is 3.18. The van der Waals surface area contributed by atoms with Crippen LogP contribution in [0, 0.1) is 6.92 Å². The van der Waals surface area contributed by atoms with Gasteiger partial charge in [-0.05, 0) is 24.6 Å². The van der Waals surface area contributed by atoms with Gasteiger partial charge in [0.2, 0.25) is 5.95 Å². The maximum Gasteiger partial charge on any atom is 0.329 e. The number of nitrogens with zero attached hydrogens (tertiary/aromatic N) is 4. The summed E-state index contributed by atoms with van der Waals surface area (Å²) in [5.74, 6) is 0.549. The summed E-state index contributed by atoms with van der Waals surface area (Å²) in [6.07, 6.45) is -0.646. The molecule has 1 aliphatic heterocycles. The first-order valence-electron chi connectivity index (χ1n) is 7.67. The summed E-state index contributed by atoms with van der Waals surface area (Å²) < 4.78 is 2.98. The molecular formula is C16H17N5O3. The normalized spacial score (nSPS) is 17.3. The van der Waals surface area contributed by atoms with Gasteiger partial charge in [-0.1, -0.05) is 12.1 Å². The highest BCUT2D eigenvalue weighted by molar-refractivity contribution is 5.77. The van der Waals surface area contributed by atoms with Crippen LogP contribution >= 0.6 is 0 Å². The number of anilines is 2. The van der Waals surface area contributed by atoms with Crippen molar-refractivity contribution in [2.45, 2.75) is 19.6 Å². The number of nitrogens with one attached hydrogen (secondary N) is 1. The summed E-state index contributed by atoms with van der Waals surface area (Å²) in [7, 11) is 1.56. The summed E-state index contributed by atoms with van der Waals surface area (Å²) >= 11 is 0. The largest absolute Gasteiger partial charge is 0.389 e. The highest BCUT2D eigenvalue weighted by Crippen LogP contribution is 2.31. The lowest BCUT2D eigenvalue weighted by molar-refractivity contribution is 0.154. The van der Waals surface area contributed by atoms with Gasteiger partial charge < -0.3 is 14.6 Å². The maximum absolute atomic E-state index is 12.3. The topological polar surface area (TPSA) is 96.2 Å². The quantitative estimate of drug-likeness (QED) is 0.668. The van der Waals surface area contributed by atoms with Gasteiger partial charge in [0, 0.05) is 12.7 Å². The number of aryl methyl sites for hydroxylation is 2. The van der Waals surface area contributed by atoms with Crippen LogP contribution in [0.2, 0.25) is 0 Å². The molecule has 0 radical (unpaired) electrons. The summed E-state index contributed by atoms with van der Waals surface area (Å²) in [5.41, 5.74) is 1.57. The molecule has 3 aromatic rings. The lowest BCUT2D eigenvalue weighted by atomic mass is 10.2. The molecule has 0 spiro atoms. The SMILES string of the molecule is Cc1cccc(N2C[C@H](O)Cn3c2nc2c3c(=O)[nH]c(=O)n2C)c1. The minimum Gasteiger partial charge on any atom is -0.389 e. The Bertz CT molecular complexity index is 1060. The Labute approximate surface area is 136 Å². The molecule has 2 N–H and O–H groups in total. The van der Waals surface area contributed by atoms with Crippen molar-refractivity contribution in [3.63, 3.8) is 0 Å². The standard InChI is InChI=1S/C16H17N5O3/c1-9-4-3-5-10(6-9)20-7-11(22)8-21-12-13(17-15(20)21)19(2)16(24)18-14(12)23/h3-6,11,22H,7-8H2,1-2H3,(H,18,23,24)/t11-/m0/s1. The van der Waals surface area contributed by atoms with E-state index in [1.165, 1.54) is 4.57 Å². The smallest absolute Gasteiger partial charge is 0.329 e. The Hall–Kier alpha value is -2.87. The fourth-order valence-electron chi connectivity index (χ4n) is 3.18. The van der Waals surface area contributed by atoms with Crippen molar-refractivity contribution in [1.82, 2.24) is 19.1 Å². The number of hydrogen-bond acceptors (Lipinski definition) is 5. The number of aromatic amines is 1. The summed E-state index contributed by atoms with van der Waals surface area (Å²) in [6.45, 7) is 2.62. The van der Waals surface area contributed by atoms with E-state index in [2.05, 4.69) is 9.97 Å². The Morgan fingerprint density at radius 2 is 2.08 bits per heavy atom. The number of aliphatic hydroxyl groups is 1. The molecule has 0 amide bonds. The summed E-state index contributed by atoms with van der Waals surface area (Å²) in [6, 6.07) is 7.84. The molecule has 124 valence electrons. The van der Waals surface area contributed by atoms with Gasteiger partial charge in [0.1, 0.15) is 0 Å². The minimum atomic E-state index is -0.646. The molecule has 0 unspecified atom stereocenters. The van der Waals surface area contributed by atoms with Crippen LogP contribution in [-0.4, -0.2) is 36.9 Å². The Balaban J connectivity index is 2.02. The Morgan fingerprint density at radius 3 is 2.83 bits per heavy atom. The number of hydrogen-bond donors (Lipinski definition) is 2. The second-order valence-corrected chi connectivity index (χ2v) is 6.12. The van der Waals surface area contributed by atoms with Crippen molar-refractivity contribution < 1.29 is 5.11 Å². The Morgan fingerprint density at radius 1 is 1.29 bits per heavy atom. The number of benzene rings is 1. The van der Waals surface area contributed by atoms with Crippen LogP contribution < -0.4 is 16.1 Å². The van der Waals surface area contributed by atoms with Crippen molar-refractivity contribution in [1.29, 1.82) is 0 Å². The van der Waals surface area contributed by atoms with E-state index in [0.29, 0.717) is 23.7 Å². The van der Waals surface area contributed by atoms with Crippen molar-refractivity contribution in [3.8, 4) is 0 Å². The zero-order chi connectivity index (χ0) is 17.0. The number of imidazole rings is 1. The second-order valence-electron chi connectivity index (χ2n) is 6.12. The van der Waals surface area contributed by atoms with Crippen LogP contribution in [0.4, 0.5) is 11.6 Å². The summed E-state index contributed by atoms with van der Waals surface area (Å²) in [4.78, 5) is 32.8. The minimum absolute atomic E-state index is 0.259. The molecule has 8 heteroatoms. The van der Waals surface area contributed by atoms with Gasteiger partial charge >= 0.3 is 5.69 Å². The van der Waals surface area contributed by atoms with Gasteiger partial charge in [-0.3, -0.25) is 14.3 Å². The number of rotatable bonds is 1. The third-order valence-electron chi connectivity index (χ3n) is 4.33. The number of fused-ring (bicyclic) bond motifs is 3. The Kier molecular flexibility index (Phi) is 3.10. The van der Waals surface area contributed by atoms with Crippen LogP contribution in [0.1, 0.15) is 5.56 Å². The van der Waals surface area contributed by atoms with Crippen molar-refractivity contribution >= 4 is 22.8 Å². The van der Waals surface area contributed by atoms with E-state index in [1.54, 1.807) is 11.6 Å². The molecule has 0 bridgehead atoms. The molecule has 2 aromatic heterocycles. The van der Waals surface area contributed by atoms with Crippen LogP contribution in [0.3, 0.4) is 0 Å². The summed E-state index contributed by atoms with van der Waals surface area (Å²) in [5, 5.41) is 10.3. The van der Waals surface area contributed by atoms with Gasteiger partial charge in [-0.15, -0.1) is 0 Å². The van der Waals surface area contributed by atoms with E-state index in [-0.39, 0.29) is 6.54 Å². The molecule has 24 heavy (non-hydrogen) atoms. The lowest BCUT2D eigenvalue weighted by Gasteiger charge is -2.32. The van der Waals surface area contributed by atoms with Gasteiger partial charge in [-0.25, -0.2) is 4.79 Å². The van der Waals surface area contributed by atoms with Gasteiger partial charge in [-0.2, -0.15) is 4.98 Å². The average Bonchev–Trinajstić information content (AvgIpc) is 2.91. The molecule has 4 rings (SSSR count). The van der Waals surface area contributed by atoms with E-state index in [0.717, 1.165) is 11.3 Å². The molecule has 0 aliphatic carbocycles. The molecule has 8 nitrogen and oxygen atoms in total. The number of aliphatic hydroxyl groups excluding tert-OH is 1. The van der Waals surface area contributed by atoms with E-state index in [4.69, 9.17) is 0 Å². The monoisotopic (exact) mass is 327 g/mol. The van der Waals surface area contributed by atoms with Crippen molar-refractivity contribution in [3.05, 3.63) is 50.7 Å². The van der Waals surface area contributed by atoms with Gasteiger partial charge in [0.25, 0.3) is 5.56 Å². The fraction of sp³-hybridized carbons (Fsp3) is 0.312. The van der Waals surface area contributed by atoms with Crippen LogP contribution in [0.15, 0.2) is 33.9 Å². The van der Waals surface area contributed by atoms with E-state index < -0.39 is 17.4 Å². The highest BCUT2D eigenvalue weighted by Gasteiger charge is 2.29. The number of aromatic nitrogens is 4. The predicted octanol–water partition coefficient (Wildman–Crippen LogP) is 0.244. The third-order valence-corrected chi connectivity index (χ3v) is 4.33. The first kappa shape index (κ1) is 14.7. The number of H-pyrrole nitrogens is 1. The maximum atomic E-state index is 12.3. The van der Waals surface area contributed by atoms with E-state index >= 15 is 0 Å². The lowest BCUT2D eigenvalue weighted by Crippen LogP contribution is -2.39. The number of β-amino-alcohol motifs (C(OH)–C–C–N with tert-alkyl or cyclic N) is 1. The zero-order valence-corrected chi connectivity index (χ0v) is 13.4.